The fraction of sp³-hybridized carbons (Fsp3) is 0.458. The molecule has 2 unspecified atom stereocenters. The summed E-state index contributed by atoms with van der Waals surface area (Å²) in [5.74, 6) is 0.387. The number of rotatable bonds is 10. The number of aromatic nitrogens is 4. The topological polar surface area (TPSA) is 134 Å². The van der Waals surface area contributed by atoms with Crippen molar-refractivity contribution in [3.05, 3.63) is 42.4 Å². The molecule has 206 valence electrons. The van der Waals surface area contributed by atoms with Gasteiger partial charge in [0, 0.05) is 18.2 Å². The Morgan fingerprint density at radius 3 is 2.45 bits per heavy atom. The minimum atomic E-state index is -4.78. The third-order valence-electron chi connectivity index (χ3n) is 4.70. The second kappa shape index (κ2) is 12.1. The van der Waals surface area contributed by atoms with Crippen LogP contribution in [-0.2, 0) is 9.47 Å². The summed E-state index contributed by atoms with van der Waals surface area (Å²) in [4.78, 5) is 24.7. The summed E-state index contributed by atoms with van der Waals surface area (Å²) in [5.41, 5.74) is 0.147. The molecule has 0 saturated carbocycles. The van der Waals surface area contributed by atoms with E-state index in [1.54, 1.807) is 6.92 Å². The molecule has 2 N–H and O–H groups in total. The molecule has 0 aliphatic heterocycles. The summed E-state index contributed by atoms with van der Waals surface area (Å²) in [6, 6.07) is 6.03. The number of halogens is 3. The van der Waals surface area contributed by atoms with E-state index in [4.69, 9.17) is 14.0 Å². The lowest BCUT2D eigenvalue weighted by atomic mass is 10.1. The van der Waals surface area contributed by atoms with Gasteiger partial charge in [-0.3, -0.25) is 5.32 Å². The van der Waals surface area contributed by atoms with Crippen molar-refractivity contribution in [3.8, 4) is 17.1 Å². The van der Waals surface area contributed by atoms with Crippen LogP contribution in [0.3, 0.4) is 0 Å². The average Bonchev–Trinajstić information content (AvgIpc) is 3.28. The Hall–Kier alpha value is -3.94. The van der Waals surface area contributed by atoms with Gasteiger partial charge in [-0.25, -0.2) is 9.78 Å². The summed E-state index contributed by atoms with van der Waals surface area (Å²) in [6.45, 7) is 9.66. The third kappa shape index (κ3) is 9.50. The van der Waals surface area contributed by atoms with Crippen molar-refractivity contribution < 1.29 is 36.7 Å². The predicted molar refractivity (Wildman–Crippen MR) is 130 cm³/mol. The summed E-state index contributed by atoms with van der Waals surface area (Å²) >= 11 is 0. The summed E-state index contributed by atoms with van der Waals surface area (Å²) < 4.78 is 57.1. The zero-order valence-corrected chi connectivity index (χ0v) is 21.5. The van der Waals surface area contributed by atoms with Gasteiger partial charge in [-0.2, -0.15) is 9.97 Å². The first-order chi connectivity index (χ1) is 17.8. The molecule has 0 bridgehead atoms. The highest BCUT2D eigenvalue weighted by Gasteiger charge is 2.31. The number of nitrogens with zero attached hydrogens (tertiary/aromatic N) is 4. The molecule has 38 heavy (non-hydrogen) atoms. The lowest BCUT2D eigenvalue weighted by Gasteiger charge is -2.24. The van der Waals surface area contributed by atoms with Crippen molar-refractivity contribution in [2.24, 2.45) is 0 Å². The number of anilines is 2. The molecule has 1 amide bonds. The van der Waals surface area contributed by atoms with Crippen LogP contribution in [0, 0.1) is 0 Å². The average molecular weight is 539 g/mol. The van der Waals surface area contributed by atoms with Crippen LogP contribution in [0.1, 0.15) is 53.0 Å². The highest BCUT2D eigenvalue weighted by atomic mass is 19.4. The largest absolute Gasteiger partial charge is 0.573 e. The van der Waals surface area contributed by atoms with Crippen molar-refractivity contribution in [2.75, 3.05) is 17.2 Å². The van der Waals surface area contributed by atoms with Gasteiger partial charge in [0.2, 0.25) is 17.7 Å². The molecule has 3 rings (SSSR count). The second-order valence-corrected chi connectivity index (χ2v) is 9.25. The van der Waals surface area contributed by atoms with Crippen molar-refractivity contribution >= 4 is 17.9 Å². The van der Waals surface area contributed by atoms with Gasteiger partial charge in [-0.05, 0) is 65.0 Å². The van der Waals surface area contributed by atoms with Crippen molar-refractivity contribution in [3.63, 3.8) is 0 Å². The standard InChI is InChI=1S/C24H29F3N6O5/c1-14(36-23(3,4)5)11-13-35-22(34)31-18-10-12-28-21(30-18)29-15(2)20-32-19(33-38-20)16-6-8-17(9-7-16)37-24(25,26)27/h6-10,12,14-15H,11,13H2,1-5H3,(H2,28,29,30,31,34). The molecule has 1 aromatic carbocycles. The highest BCUT2D eigenvalue weighted by Crippen LogP contribution is 2.26. The SMILES string of the molecule is CC(CCOC(=O)Nc1ccnc(NC(C)c2nc(-c3ccc(OC(F)(F)F)cc3)no2)n1)OC(C)(C)C. The number of hydrogen-bond acceptors (Lipinski definition) is 10. The highest BCUT2D eigenvalue weighted by molar-refractivity contribution is 5.83. The van der Waals surface area contributed by atoms with E-state index in [0.717, 1.165) is 12.1 Å². The van der Waals surface area contributed by atoms with E-state index < -0.39 is 18.5 Å². The Balaban J connectivity index is 1.52. The molecular weight excluding hydrogens is 509 g/mol. The number of alkyl halides is 3. The first kappa shape index (κ1) is 28.6. The van der Waals surface area contributed by atoms with E-state index in [1.807, 2.05) is 27.7 Å². The van der Waals surface area contributed by atoms with Crippen LogP contribution in [0.5, 0.6) is 5.75 Å². The van der Waals surface area contributed by atoms with Gasteiger partial charge < -0.3 is 24.1 Å². The molecule has 0 saturated heterocycles. The molecule has 2 atom stereocenters. The van der Waals surface area contributed by atoms with E-state index in [0.29, 0.717) is 12.0 Å². The van der Waals surface area contributed by atoms with Crippen LogP contribution in [-0.4, -0.2) is 50.9 Å². The van der Waals surface area contributed by atoms with E-state index >= 15 is 0 Å². The normalized spacial score (nSPS) is 13.5. The fourth-order valence-corrected chi connectivity index (χ4v) is 3.21. The number of nitrogens with one attached hydrogen (secondary N) is 2. The first-order valence-electron chi connectivity index (χ1n) is 11.7. The minimum absolute atomic E-state index is 0.0767. The van der Waals surface area contributed by atoms with Gasteiger partial charge in [-0.1, -0.05) is 5.16 Å². The van der Waals surface area contributed by atoms with E-state index in [1.165, 1.54) is 24.4 Å². The van der Waals surface area contributed by atoms with Gasteiger partial charge >= 0.3 is 12.5 Å². The maximum absolute atomic E-state index is 12.3. The van der Waals surface area contributed by atoms with Gasteiger partial charge in [0.05, 0.1) is 18.3 Å². The van der Waals surface area contributed by atoms with Crippen LogP contribution in [0.2, 0.25) is 0 Å². The summed E-state index contributed by atoms with van der Waals surface area (Å²) in [6.07, 6.45) is -3.54. The fourth-order valence-electron chi connectivity index (χ4n) is 3.21. The number of carbonyl (C=O) groups excluding carboxylic acids is 1. The van der Waals surface area contributed by atoms with Crippen LogP contribution in [0.25, 0.3) is 11.4 Å². The number of benzene rings is 1. The molecule has 0 aliphatic carbocycles. The zero-order valence-electron chi connectivity index (χ0n) is 21.5. The molecule has 3 aromatic rings. The molecule has 2 heterocycles. The van der Waals surface area contributed by atoms with Crippen LogP contribution >= 0.6 is 0 Å². The summed E-state index contributed by atoms with van der Waals surface area (Å²) in [5, 5.41) is 9.37. The molecule has 2 aromatic heterocycles. The molecule has 0 aliphatic rings. The lowest BCUT2D eigenvalue weighted by Crippen LogP contribution is -2.27. The third-order valence-corrected chi connectivity index (χ3v) is 4.70. The maximum Gasteiger partial charge on any atom is 0.573 e. The Bertz CT molecular complexity index is 1200. The molecule has 14 heteroatoms. The van der Waals surface area contributed by atoms with Crippen molar-refractivity contribution in [2.45, 2.75) is 65.1 Å². The molecule has 0 spiro atoms. The van der Waals surface area contributed by atoms with E-state index in [9.17, 15) is 18.0 Å². The van der Waals surface area contributed by atoms with Crippen LogP contribution in [0.15, 0.2) is 41.1 Å². The Kier molecular flexibility index (Phi) is 9.09. The van der Waals surface area contributed by atoms with Gasteiger partial charge in [0.1, 0.15) is 17.6 Å². The van der Waals surface area contributed by atoms with Crippen molar-refractivity contribution in [1.29, 1.82) is 0 Å². The van der Waals surface area contributed by atoms with Gasteiger partial charge in [0.15, 0.2) is 0 Å². The molecular formula is C24H29F3N6O5. The van der Waals surface area contributed by atoms with Crippen LogP contribution < -0.4 is 15.4 Å². The Morgan fingerprint density at radius 1 is 1.08 bits per heavy atom. The quantitative estimate of drug-likeness (QED) is 0.329. The molecule has 11 nitrogen and oxygen atoms in total. The minimum Gasteiger partial charge on any atom is -0.449 e. The van der Waals surface area contributed by atoms with Gasteiger partial charge in [0.25, 0.3) is 0 Å². The maximum atomic E-state index is 12.3. The number of amides is 1. The number of carbonyl (C=O) groups is 1. The Labute approximate surface area is 217 Å². The molecule has 0 radical (unpaired) electrons. The number of hydrogen-bond donors (Lipinski definition) is 2. The van der Waals surface area contributed by atoms with Gasteiger partial charge in [-0.15, -0.1) is 13.2 Å². The zero-order chi connectivity index (χ0) is 27.9. The smallest absolute Gasteiger partial charge is 0.449 e. The lowest BCUT2D eigenvalue weighted by molar-refractivity contribution is -0.274. The monoisotopic (exact) mass is 538 g/mol. The van der Waals surface area contributed by atoms with E-state index in [-0.39, 0.29) is 47.5 Å². The molecule has 0 fully saturated rings. The predicted octanol–water partition coefficient (Wildman–Crippen LogP) is 5.74. The number of ether oxygens (including phenoxy) is 3. The van der Waals surface area contributed by atoms with Crippen molar-refractivity contribution in [1.82, 2.24) is 20.1 Å². The first-order valence-corrected chi connectivity index (χ1v) is 11.7. The van der Waals surface area contributed by atoms with Crippen LogP contribution in [0.4, 0.5) is 29.7 Å². The Morgan fingerprint density at radius 2 is 1.79 bits per heavy atom. The van der Waals surface area contributed by atoms with E-state index in [2.05, 4.69) is 35.5 Å². The summed E-state index contributed by atoms with van der Waals surface area (Å²) in [7, 11) is 0. The second-order valence-electron chi connectivity index (χ2n) is 9.25.